The number of rotatable bonds is 16. The molecule has 4 nitrogen and oxygen atoms in total. The smallest absolute Gasteiger partial charge is 0.305 e. The number of Topliss-reactive ketones (excluding diaryl/α,β-unsaturated/α-hetero) is 1. The van der Waals surface area contributed by atoms with Crippen molar-refractivity contribution < 1.29 is 18.5 Å². The second kappa shape index (κ2) is 18.7. The predicted octanol–water partition coefficient (Wildman–Crippen LogP) is 8.23. The van der Waals surface area contributed by atoms with Gasteiger partial charge >= 0.3 is 5.97 Å². The summed E-state index contributed by atoms with van der Waals surface area (Å²) < 4.78 is 11.1. The van der Waals surface area contributed by atoms with E-state index >= 15 is 0 Å². The van der Waals surface area contributed by atoms with Crippen LogP contribution in [0.2, 0.25) is 0 Å². The molecule has 0 saturated heterocycles. The third-order valence-electron chi connectivity index (χ3n) is 6.95. The van der Waals surface area contributed by atoms with Crippen LogP contribution in [0.3, 0.4) is 0 Å². The first kappa shape index (κ1) is 34.5. The molecule has 2 unspecified atom stereocenters. The minimum Gasteiger partial charge on any atom is -0.469 e. The van der Waals surface area contributed by atoms with Gasteiger partial charge < -0.3 is 8.92 Å². The number of esters is 1. The Labute approximate surface area is 223 Å². The zero-order chi connectivity index (χ0) is 26.9. The quantitative estimate of drug-likeness (QED) is 0.114. The van der Waals surface area contributed by atoms with E-state index in [2.05, 4.69) is 51.7 Å². The number of ketones is 1. The fraction of sp³-hybridized carbons (Fsp3) is 0.862. The molecule has 0 spiro atoms. The summed E-state index contributed by atoms with van der Waals surface area (Å²) in [5.74, 6) is 0.495. The fourth-order valence-corrected chi connectivity index (χ4v) is 5.60. The van der Waals surface area contributed by atoms with Crippen molar-refractivity contribution in [1.82, 2.24) is 0 Å². The molecule has 0 radical (unpaired) electrons. The first-order chi connectivity index (χ1) is 16.5. The lowest BCUT2D eigenvalue weighted by molar-refractivity contribution is -0.140. The molecule has 6 heteroatoms. The molecule has 1 aliphatic carbocycles. The molecule has 0 aromatic rings. The minimum absolute atomic E-state index is 0.0154. The van der Waals surface area contributed by atoms with Crippen molar-refractivity contribution in [3.63, 3.8) is 0 Å². The average Bonchev–Trinajstić information content (AvgIpc) is 3.07. The molecule has 208 valence electrons. The van der Waals surface area contributed by atoms with E-state index in [1.54, 1.807) is 11.8 Å². The van der Waals surface area contributed by atoms with Crippen LogP contribution in [0.25, 0.3) is 0 Å². The van der Waals surface area contributed by atoms with Crippen molar-refractivity contribution in [2.24, 2.45) is 17.3 Å². The molecule has 0 amide bonds. The number of unbranched alkanes of at least 4 members (excludes halogenated alkanes) is 4. The maximum Gasteiger partial charge on any atom is 0.305 e. The van der Waals surface area contributed by atoms with Gasteiger partial charge in [-0.15, -0.1) is 10.3 Å². The molecule has 0 N–H and O–H groups in total. The maximum absolute atomic E-state index is 12.9. The standard InChI is InChI=1S/C27H50O4S.C2H6S/c1-8-10-19-27(3,9-2)20-15-17-23-22(16-13-11-12-14-18-26(29)30-4)24(28)21-25(23)31-32(5,6)7;1-3-2/h15,17,22-23,25H,8-14,16,18-21H2,1-7H3;1-2H3/b17-15+;/t22-,23?,25-,27?;/m1./s1. The van der Waals surface area contributed by atoms with Gasteiger partial charge in [0.1, 0.15) is 5.78 Å². The lowest BCUT2D eigenvalue weighted by Crippen LogP contribution is -2.23. The number of methoxy groups -OCH3 is 1. The molecular formula is C29H56O4S2. The number of hydrogen-bond donors (Lipinski definition) is 0. The summed E-state index contributed by atoms with van der Waals surface area (Å²) in [6, 6.07) is 0. The number of hydrogen-bond acceptors (Lipinski definition) is 5. The van der Waals surface area contributed by atoms with Crippen molar-refractivity contribution in [3.05, 3.63) is 12.2 Å². The molecule has 1 fully saturated rings. The summed E-state index contributed by atoms with van der Waals surface area (Å²) in [7, 11) is 0.306. The van der Waals surface area contributed by atoms with Crippen molar-refractivity contribution in [1.29, 1.82) is 0 Å². The SMILES string of the molecule is CCCCC(C)(CC)C/C=C/C1[C@H](OS(C)(C)C)CC(=O)[C@@H]1CCCCCCC(=O)OC.CSC. The van der Waals surface area contributed by atoms with Gasteiger partial charge in [0.05, 0.1) is 13.2 Å². The summed E-state index contributed by atoms with van der Waals surface area (Å²) in [5.41, 5.74) is 0.343. The van der Waals surface area contributed by atoms with Gasteiger partial charge in [-0.3, -0.25) is 9.59 Å². The highest BCUT2D eigenvalue weighted by Gasteiger charge is 2.42. The summed E-state index contributed by atoms with van der Waals surface area (Å²) in [4.78, 5) is 24.2. The molecule has 0 aromatic carbocycles. The van der Waals surface area contributed by atoms with Crippen LogP contribution in [-0.2, 0) is 18.5 Å². The van der Waals surface area contributed by atoms with Crippen molar-refractivity contribution >= 4 is 33.8 Å². The van der Waals surface area contributed by atoms with E-state index in [-0.39, 0.29) is 23.9 Å². The highest BCUT2D eigenvalue weighted by Crippen LogP contribution is 2.46. The second-order valence-electron chi connectivity index (χ2n) is 11.1. The van der Waals surface area contributed by atoms with Gasteiger partial charge in [0.2, 0.25) is 0 Å². The lowest BCUT2D eigenvalue weighted by Gasteiger charge is -2.32. The van der Waals surface area contributed by atoms with Crippen LogP contribution in [0.15, 0.2) is 12.2 Å². The Morgan fingerprint density at radius 3 is 2.29 bits per heavy atom. The molecule has 1 saturated carbocycles. The number of ether oxygens (including phenoxy) is 1. The van der Waals surface area contributed by atoms with Crippen molar-refractivity contribution in [2.45, 2.75) is 104 Å². The van der Waals surface area contributed by atoms with Crippen LogP contribution >= 0.6 is 22.1 Å². The number of carbonyl (C=O) groups excluding carboxylic acids is 2. The van der Waals surface area contributed by atoms with Crippen LogP contribution < -0.4 is 0 Å². The Morgan fingerprint density at radius 1 is 1.11 bits per heavy atom. The molecule has 35 heavy (non-hydrogen) atoms. The Kier molecular flexibility index (Phi) is 18.5. The first-order valence-electron chi connectivity index (χ1n) is 13.5. The van der Waals surface area contributed by atoms with Gasteiger partial charge in [-0.2, -0.15) is 11.8 Å². The fourth-order valence-electron chi connectivity index (χ4n) is 4.67. The van der Waals surface area contributed by atoms with Gasteiger partial charge in [0.15, 0.2) is 0 Å². The van der Waals surface area contributed by atoms with Gasteiger partial charge in [-0.1, -0.05) is 71.4 Å². The lowest BCUT2D eigenvalue weighted by atomic mass is 9.78. The summed E-state index contributed by atoms with van der Waals surface area (Å²) in [6.45, 7) is 6.94. The molecular weight excluding hydrogens is 476 g/mol. The third kappa shape index (κ3) is 15.4. The monoisotopic (exact) mass is 532 g/mol. The Balaban J connectivity index is 0.00000365. The van der Waals surface area contributed by atoms with E-state index in [4.69, 9.17) is 8.92 Å². The molecule has 0 aromatic heterocycles. The minimum atomic E-state index is -1.13. The van der Waals surface area contributed by atoms with Crippen LogP contribution in [0.4, 0.5) is 0 Å². The van der Waals surface area contributed by atoms with Crippen LogP contribution in [-0.4, -0.2) is 56.2 Å². The van der Waals surface area contributed by atoms with Crippen molar-refractivity contribution in [3.8, 4) is 0 Å². The van der Waals surface area contributed by atoms with E-state index in [1.165, 1.54) is 32.8 Å². The van der Waals surface area contributed by atoms with E-state index in [1.807, 2.05) is 12.5 Å². The Morgan fingerprint density at radius 2 is 1.74 bits per heavy atom. The zero-order valence-corrected chi connectivity index (χ0v) is 26.0. The largest absolute Gasteiger partial charge is 0.469 e. The molecule has 0 aliphatic heterocycles. The van der Waals surface area contributed by atoms with Crippen molar-refractivity contribution in [2.75, 3.05) is 38.4 Å². The first-order valence-corrected chi connectivity index (χ1v) is 17.9. The molecule has 0 heterocycles. The topological polar surface area (TPSA) is 52.6 Å². The molecule has 0 bridgehead atoms. The highest BCUT2D eigenvalue weighted by molar-refractivity contribution is 8.28. The Bertz CT molecular complexity index is 614. The van der Waals surface area contributed by atoms with Gasteiger partial charge in [0.25, 0.3) is 0 Å². The van der Waals surface area contributed by atoms with E-state index in [9.17, 15) is 9.59 Å². The Hall–Kier alpha value is -0.460. The summed E-state index contributed by atoms with van der Waals surface area (Å²) in [6.07, 6.45) is 27.2. The van der Waals surface area contributed by atoms with Gasteiger partial charge in [-0.25, -0.2) is 0 Å². The predicted molar refractivity (Wildman–Crippen MR) is 158 cm³/mol. The van der Waals surface area contributed by atoms with E-state index in [0.717, 1.165) is 38.5 Å². The van der Waals surface area contributed by atoms with E-state index < -0.39 is 10.3 Å². The number of carbonyl (C=O) groups is 2. The van der Waals surface area contributed by atoms with E-state index in [0.29, 0.717) is 24.0 Å². The number of thioether (sulfide) groups is 1. The zero-order valence-electron chi connectivity index (χ0n) is 24.3. The summed E-state index contributed by atoms with van der Waals surface area (Å²) in [5, 5.41) is 0. The molecule has 1 aliphatic rings. The van der Waals surface area contributed by atoms with Crippen LogP contribution in [0.5, 0.6) is 0 Å². The normalized spacial score (nSPS) is 22.5. The molecule has 1 rings (SSSR count). The average molecular weight is 533 g/mol. The highest BCUT2D eigenvalue weighted by atomic mass is 32.3. The molecule has 4 atom stereocenters. The summed E-state index contributed by atoms with van der Waals surface area (Å²) >= 11 is 1.75. The third-order valence-corrected chi connectivity index (χ3v) is 7.78. The van der Waals surface area contributed by atoms with Crippen LogP contribution in [0.1, 0.15) is 97.8 Å². The maximum atomic E-state index is 12.9. The second-order valence-corrected chi connectivity index (χ2v) is 15.5. The van der Waals surface area contributed by atoms with Gasteiger partial charge in [-0.05, 0) is 62.4 Å². The number of allylic oxidation sites excluding steroid dienone is 1. The van der Waals surface area contributed by atoms with Gasteiger partial charge in [0, 0.05) is 24.7 Å². The van der Waals surface area contributed by atoms with Crippen LogP contribution in [0, 0.1) is 17.3 Å².